The van der Waals surface area contributed by atoms with E-state index in [4.69, 9.17) is 0 Å². The third kappa shape index (κ3) is 1.79. The van der Waals surface area contributed by atoms with Crippen LogP contribution in [0.4, 0.5) is 0 Å². The van der Waals surface area contributed by atoms with Crippen molar-refractivity contribution in [3.8, 4) is 0 Å². The molecule has 0 N–H and O–H groups in total. The number of piperidine rings is 1. The molecule has 0 bridgehead atoms. The van der Waals surface area contributed by atoms with Crippen molar-refractivity contribution >= 4 is 9.84 Å². The van der Waals surface area contributed by atoms with E-state index in [0.717, 1.165) is 25.9 Å². The largest absolute Gasteiger partial charge is 0.280 e. The van der Waals surface area contributed by atoms with Gasteiger partial charge in [0.1, 0.15) is 4.87 Å². The molecule has 2 heterocycles. The van der Waals surface area contributed by atoms with Gasteiger partial charge in [0.15, 0.2) is 9.84 Å². The highest BCUT2D eigenvalue weighted by Crippen LogP contribution is 2.49. The smallest absolute Gasteiger partial charge is 0.167 e. The molecule has 2 fully saturated rings. The van der Waals surface area contributed by atoms with Crippen molar-refractivity contribution in [3.63, 3.8) is 0 Å². The van der Waals surface area contributed by atoms with Gasteiger partial charge in [-0.25, -0.2) is 8.42 Å². The SMILES string of the molecule is CS(=O)(=O)C12CC(Cc3ccccc3)CN1C2. The van der Waals surface area contributed by atoms with Crippen LogP contribution < -0.4 is 0 Å². The number of nitrogens with zero attached hydrogens (tertiary/aromatic N) is 1. The minimum absolute atomic E-state index is 0.487. The van der Waals surface area contributed by atoms with Crippen LogP contribution >= 0.6 is 0 Å². The second kappa shape index (κ2) is 3.56. The molecule has 3 unspecified atom stereocenters. The molecular formula is C13H17NO2S. The van der Waals surface area contributed by atoms with Crippen LogP contribution in [0.2, 0.25) is 0 Å². The predicted octanol–water partition coefficient (Wildman–Crippen LogP) is 1.31. The van der Waals surface area contributed by atoms with Gasteiger partial charge in [-0.15, -0.1) is 0 Å². The number of hydrogen-bond donors (Lipinski definition) is 0. The Balaban J connectivity index is 1.71. The molecule has 0 amide bonds. The van der Waals surface area contributed by atoms with Gasteiger partial charge in [0.25, 0.3) is 0 Å². The fraction of sp³-hybridized carbons (Fsp3) is 0.538. The quantitative estimate of drug-likeness (QED) is 0.760. The van der Waals surface area contributed by atoms with E-state index in [2.05, 4.69) is 17.0 Å². The maximum atomic E-state index is 11.8. The van der Waals surface area contributed by atoms with Crippen molar-refractivity contribution in [1.29, 1.82) is 0 Å². The Morgan fingerprint density at radius 2 is 2.06 bits per heavy atom. The number of rotatable bonds is 3. The van der Waals surface area contributed by atoms with Crippen LogP contribution in [0.1, 0.15) is 12.0 Å². The minimum Gasteiger partial charge on any atom is -0.280 e. The molecule has 0 aliphatic carbocycles. The Morgan fingerprint density at radius 3 is 2.65 bits per heavy atom. The highest BCUT2D eigenvalue weighted by atomic mass is 32.2. The zero-order valence-corrected chi connectivity index (χ0v) is 10.8. The summed E-state index contributed by atoms with van der Waals surface area (Å²) in [6, 6.07) is 10.3. The topological polar surface area (TPSA) is 37.1 Å². The van der Waals surface area contributed by atoms with E-state index in [1.807, 2.05) is 18.2 Å². The van der Waals surface area contributed by atoms with Gasteiger partial charge in [0.05, 0.1) is 0 Å². The number of benzene rings is 1. The molecule has 2 aliphatic heterocycles. The lowest BCUT2D eigenvalue weighted by atomic mass is 9.96. The third-order valence-electron chi connectivity index (χ3n) is 4.05. The van der Waals surface area contributed by atoms with Crippen LogP contribution in [0.25, 0.3) is 0 Å². The Bertz CT molecular complexity index is 526. The first kappa shape index (κ1) is 11.2. The molecule has 0 aromatic heterocycles. The lowest BCUT2D eigenvalue weighted by Crippen LogP contribution is -2.25. The molecule has 0 radical (unpaired) electrons. The van der Waals surface area contributed by atoms with Gasteiger partial charge < -0.3 is 0 Å². The van der Waals surface area contributed by atoms with Crippen LogP contribution in [0.5, 0.6) is 0 Å². The second-order valence-electron chi connectivity index (χ2n) is 5.36. The highest BCUT2D eigenvalue weighted by Gasteiger charge is 2.64. The van der Waals surface area contributed by atoms with Gasteiger partial charge in [0, 0.05) is 19.3 Å². The van der Waals surface area contributed by atoms with Crippen molar-refractivity contribution in [2.75, 3.05) is 19.3 Å². The van der Waals surface area contributed by atoms with E-state index in [1.165, 1.54) is 11.8 Å². The summed E-state index contributed by atoms with van der Waals surface area (Å²) in [7, 11) is -2.93. The molecule has 1 aromatic rings. The van der Waals surface area contributed by atoms with Crippen molar-refractivity contribution in [3.05, 3.63) is 35.9 Å². The summed E-state index contributed by atoms with van der Waals surface area (Å²) in [6.07, 6.45) is 3.17. The Kier molecular flexibility index (Phi) is 2.35. The average molecular weight is 251 g/mol. The number of hydrogen-bond acceptors (Lipinski definition) is 3. The summed E-state index contributed by atoms with van der Waals surface area (Å²) in [5.41, 5.74) is 1.31. The minimum atomic E-state index is -2.93. The van der Waals surface area contributed by atoms with Gasteiger partial charge in [-0.05, 0) is 24.3 Å². The van der Waals surface area contributed by atoms with Crippen LogP contribution in [0.15, 0.2) is 30.3 Å². The van der Waals surface area contributed by atoms with E-state index in [0.29, 0.717) is 5.92 Å². The van der Waals surface area contributed by atoms with E-state index < -0.39 is 14.7 Å². The number of sulfone groups is 1. The zero-order chi connectivity index (χ0) is 12.1. The molecule has 2 aliphatic rings. The van der Waals surface area contributed by atoms with Crippen LogP contribution in [0, 0.1) is 5.92 Å². The molecular weight excluding hydrogens is 234 g/mol. The lowest BCUT2D eigenvalue weighted by molar-refractivity contribution is 0.479. The molecule has 2 saturated heterocycles. The summed E-state index contributed by atoms with van der Waals surface area (Å²) < 4.78 is 23.5. The molecule has 17 heavy (non-hydrogen) atoms. The van der Waals surface area contributed by atoms with Gasteiger partial charge in [0.2, 0.25) is 0 Å². The molecule has 3 nitrogen and oxygen atoms in total. The van der Waals surface area contributed by atoms with Crippen molar-refractivity contribution in [1.82, 2.24) is 4.90 Å². The summed E-state index contributed by atoms with van der Waals surface area (Å²) in [4.78, 5) is 1.61. The van der Waals surface area contributed by atoms with E-state index >= 15 is 0 Å². The van der Waals surface area contributed by atoms with Gasteiger partial charge in [-0.3, -0.25) is 4.90 Å². The number of fused-ring (bicyclic) bond motifs is 1. The Morgan fingerprint density at radius 1 is 1.35 bits per heavy atom. The molecule has 3 atom stereocenters. The van der Waals surface area contributed by atoms with E-state index in [1.54, 1.807) is 0 Å². The van der Waals surface area contributed by atoms with Crippen molar-refractivity contribution in [2.45, 2.75) is 17.7 Å². The van der Waals surface area contributed by atoms with Crippen LogP contribution in [-0.4, -0.2) is 37.5 Å². The zero-order valence-electron chi connectivity index (χ0n) is 9.96. The standard InChI is InChI=1S/C13H17NO2S/c1-17(15,16)13-8-12(9-14(13)10-13)7-11-5-3-2-4-6-11/h2-6,12H,7-10H2,1H3. The molecule has 1 aromatic carbocycles. The fourth-order valence-electron chi connectivity index (χ4n) is 3.10. The maximum Gasteiger partial charge on any atom is 0.167 e. The summed E-state index contributed by atoms with van der Waals surface area (Å²) in [5, 5.41) is 0. The third-order valence-corrected chi connectivity index (χ3v) is 5.99. The summed E-state index contributed by atoms with van der Waals surface area (Å²) in [5.74, 6) is 0.487. The summed E-state index contributed by atoms with van der Waals surface area (Å²) >= 11 is 0. The van der Waals surface area contributed by atoms with Gasteiger partial charge in [-0.1, -0.05) is 30.3 Å². The molecule has 92 valence electrons. The normalized spacial score (nSPS) is 35.6. The molecule has 4 heteroatoms. The molecule has 3 rings (SSSR count). The van der Waals surface area contributed by atoms with Crippen molar-refractivity contribution < 1.29 is 8.42 Å². The molecule has 0 spiro atoms. The first-order chi connectivity index (χ1) is 8.01. The lowest BCUT2D eigenvalue weighted by Gasteiger charge is -2.13. The predicted molar refractivity (Wildman–Crippen MR) is 67.4 cm³/mol. The molecule has 0 saturated carbocycles. The van der Waals surface area contributed by atoms with Crippen molar-refractivity contribution in [2.24, 2.45) is 5.92 Å². The van der Waals surface area contributed by atoms with E-state index in [9.17, 15) is 8.42 Å². The van der Waals surface area contributed by atoms with E-state index in [-0.39, 0.29) is 0 Å². The van der Waals surface area contributed by atoms with Crippen LogP contribution in [0.3, 0.4) is 0 Å². The second-order valence-corrected chi connectivity index (χ2v) is 7.66. The average Bonchev–Trinajstić information content (AvgIpc) is 2.84. The van der Waals surface area contributed by atoms with Crippen LogP contribution in [-0.2, 0) is 16.3 Å². The van der Waals surface area contributed by atoms with Gasteiger partial charge in [-0.2, -0.15) is 0 Å². The first-order valence-corrected chi connectivity index (χ1v) is 7.89. The maximum absolute atomic E-state index is 11.8. The Hall–Kier alpha value is -0.870. The Labute approximate surface area is 102 Å². The summed E-state index contributed by atoms with van der Waals surface area (Å²) in [6.45, 7) is 1.68. The first-order valence-electron chi connectivity index (χ1n) is 6.00. The fourth-order valence-corrected chi connectivity index (χ4v) is 4.57. The van der Waals surface area contributed by atoms with Gasteiger partial charge >= 0.3 is 0 Å². The monoisotopic (exact) mass is 251 g/mol. The highest BCUT2D eigenvalue weighted by molar-refractivity contribution is 7.92.